The van der Waals surface area contributed by atoms with Gasteiger partial charge in [0.2, 0.25) is 5.91 Å². The van der Waals surface area contributed by atoms with Crippen LogP contribution in [0.5, 0.6) is 0 Å². The number of hydrogen-bond acceptors (Lipinski definition) is 4. The lowest BCUT2D eigenvalue weighted by Crippen LogP contribution is -2.41. The number of hydrogen-bond donors (Lipinski definition) is 2. The minimum Gasteiger partial charge on any atom is -0.340 e. The van der Waals surface area contributed by atoms with E-state index < -0.39 is 5.92 Å². The zero-order valence-corrected chi connectivity index (χ0v) is 18.6. The maximum absolute atomic E-state index is 13.7. The van der Waals surface area contributed by atoms with Crippen molar-refractivity contribution in [1.29, 1.82) is 0 Å². The van der Waals surface area contributed by atoms with Crippen LogP contribution in [-0.2, 0) is 4.79 Å². The van der Waals surface area contributed by atoms with Crippen molar-refractivity contribution in [2.75, 3.05) is 6.54 Å². The van der Waals surface area contributed by atoms with Crippen molar-refractivity contribution >= 4 is 27.7 Å². The number of H-pyrrole nitrogens is 2. The quantitative estimate of drug-likeness (QED) is 0.508. The summed E-state index contributed by atoms with van der Waals surface area (Å²) in [6, 6.07) is 11.4. The van der Waals surface area contributed by atoms with E-state index in [-0.39, 0.29) is 17.5 Å². The molecule has 164 valence electrons. The van der Waals surface area contributed by atoms with Gasteiger partial charge in [0.05, 0.1) is 34.1 Å². The number of nitrogens with one attached hydrogen (secondary N) is 2. The molecule has 1 fully saturated rings. The van der Waals surface area contributed by atoms with Gasteiger partial charge in [0, 0.05) is 11.9 Å². The fourth-order valence-corrected chi connectivity index (χ4v) is 4.76. The van der Waals surface area contributed by atoms with Crippen LogP contribution in [0.2, 0.25) is 0 Å². The highest BCUT2D eigenvalue weighted by Crippen LogP contribution is 2.34. The van der Waals surface area contributed by atoms with E-state index in [0.29, 0.717) is 17.6 Å². The predicted molar refractivity (Wildman–Crippen MR) is 125 cm³/mol. The third kappa shape index (κ3) is 3.38. The number of fused-ring (bicyclic) bond motifs is 2. The zero-order chi connectivity index (χ0) is 22.4. The van der Waals surface area contributed by atoms with Gasteiger partial charge in [0.25, 0.3) is 5.56 Å². The second kappa shape index (κ2) is 7.89. The normalized spacial score (nSPS) is 17.7. The first-order valence-electron chi connectivity index (χ1n) is 11.2. The summed E-state index contributed by atoms with van der Waals surface area (Å²) in [6.45, 7) is 6.73. The number of carbonyl (C=O) groups excluding carboxylic acids is 1. The fourth-order valence-electron chi connectivity index (χ4n) is 4.76. The van der Waals surface area contributed by atoms with Crippen molar-refractivity contribution < 1.29 is 4.79 Å². The van der Waals surface area contributed by atoms with Crippen LogP contribution >= 0.6 is 0 Å². The summed E-state index contributed by atoms with van der Waals surface area (Å²) in [7, 11) is 0. The summed E-state index contributed by atoms with van der Waals surface area (Å²) in [4.78, 5) is 36.1. The second-order valence-corrected chi connectivity index (χ2v) is 8.82. The topological polar surface area (TPSA) is 94.7 Å². The molecule has 1 saturated heterocycles. The van der Waals surface area contributed by atoms with Crippen LogP contribution in [0.25, 0.3) is 21.8 Å². The van der Waals surface area contributed by atoms with Gasteiger partial charge in [0.15, 0.2) is 0 Å². The van der Waals surface area contributed by atoms with Crippen LogP contribution in [0.15, 0.2) is 41.2 Å². The highest BCUT2D eigenvalue weighted by molar-refractivity contribution is 5.91. The van der Waals surface area contributed by atoms with Crippen LogP contribution in [0.3, 0.4) is 0 Å². The van der Waals surface area contributed by atoms with Gasteiger partial charge in [-0.15, -0.1) is 0 Å². The third-order valence-electron chi connectivity index (χ3n) is 6.72. The number of imidazole rings is 1. The molecule has 1 aliphatic rings. The zero-order valence-electron chi connectivity index (χ0n) is 18.6. The molecule has 0 bridgehead atoms. The maximum atomic E-state index is 13.7. The number of aromatic nitrogens is 4. The summed E-state index contributed by atoms with van der Waals surface area (Å²) in [5.74, 6) is 0.364. The predicted octanol–water partition coefficient (Wildman–Crippen LogP) is 4.27. The van der Waals surface area contributed by atoms with Gasteiger partial charge < -0.3 is 9.88 Å². The number of aryl methyl sites for hydroxylation is 2. The van der Waals surface area contributed by atoms with E-state index in [9.17, 15) is 9.59 Å². The largest absolute Gasteiger partial charge is 0.340 e. The van der Waals surface area contributed by atoms with Crippen molar-refractivity contribution in [3.8, 4) is 0 Å². The van der Waals surface area contributed by atoms with Gasteiger partial charge in [-0.05, 0) is 69.4 Å². The number of carbonyl (C=O) groups is 1. The van der Waals surface area contributed by atoms with Crippen molar-refractivity contribution in [3.05, 3.63) is 69.4 Å². The molecule has 0 saturated carbocycles. The number of benzene rings is 2. The first kappa shape index (κ1) is 20.4. The van der Waals surface area contributed by atoms with Gasteiger partial charge in [-0.3, -0.25) is 9.59 Å². The molecule has 2 aromatic heterocycles. The number of aromatic amines is 2. The lowest BCUT2D eigenvalue weighted by atomic mass is 9.96. The molecular formula is C25H27N5O2. The standard InChI is InChI=1S/C25H27N5O2/c1-14-12-19-20(13-15(14)2)27-23(26-19)21-10-6-7-11-30(21)25(32)16(3)22-17-8-4-5-9-18(17)24(31)29-28-22/h4-5,8-9,12-13,16,21H,6-7,10-11H2,1-3H3,(H,26,27)(H,29,31)/t16-,21+/m1/s1. The summed E-state index contributed by atoms with van der Waals surface area (Å²) in [5.41, 5.74) is 4.72. The van der Waals surface area contributed by atoms with Crippen molar-refractivity contribution in [2.24, 2.45) is 0 Å². The van der Waals surface area contributed by atoms with Crippen LogP contribution < -0.4 is 5.56 Å². The van der Waals surface area contributed by atoms with Crippen LogP contribution in [-0.4, -0.2) is 37.5 Å². The summed E-state index contributed by atoms with van der Waals surface area (Å²) < 4.78 is 0. The first-order valence-corrected chi connectivity index (χ1v) is 11.2. The van der Waals surface area contributed by atoms with Gasteiger partial charge in [-0.25, -0.2) is 10.1 Å². The molecule has 2 aromatic carbocycles. The van der Waals surface area contributed by atoms with E-state index in [2.05, 4.69) is 41.2 Å². The Labute approximate surface area is 185 Å². The van der Waals surface area contributed by atoms with Gasteiger partial charge in [0.1, 0.15) is 5.82 Å². The SMILES string of the molecule is Cc1cc2nc([C@@H]3CCCCN3C(=O)[C@H](C)c3n[nH]c(=O)c4ccccc34)[nH]c2cc1C. The van der Waals surface area contributed by atoms with Crippen molar-refractivity contribution in [1.82, 2.24) is 25.1 Å². The summed E-state index contributed by atoms with van der Waals surface area (Å²) in [5, 5.41) is 8.10. The summed E-state index contributed by atoms with van der Waals surface area (Å²) in [6.07, 6.45) is 2.89. The molecule has 1 aliphatic heterocycles. The van der Waals surface area contributed by atoms with Crippen molar-refractivity contribution in [2.45, 2.75) is 52.0 Å². The molecule has 0 radical (unpaired) electrons. The molecular weight excluding hydrogens is 402 g/mol. The highest BCUT2D eigenvalue weighted by Gasteiger charge is 2.34. The fraction of sp³-hybridized carbons (Fsp3) is 0.360. The van der Waals surface area contributed by atoms with E-state index in [0.717, 1.165) is 41.5 Å². The van der Waals surface area contributed by atoms with Crippen molar-refractivity contribution in [3.63, 3.8) is 0 Å². The van der Waals surface area contributed by atoms with E-state index in [1.54, 1.807) is 6.07 Å². The van der Waals surface area contributed by atoms with E-state index in [1.807, 2.05) is 30.0 Å². The minimum atomic E-state index is -0.480. The molecule has 0 aliphatic carbocycles. The van der Waals surface area contributed by atoms with Gasteiger partial charge in [-0.2, -0.15) is 5.10 Å². The smallest absolute Gasteiger partial charge is 0.272 e. The molecule has 0 unspecified atom stereocenters. The average molecular weight is 430 g/mol. The van der Waals surface area contributed by atoms with Gasteiger partial charge in [-0.1, -0.05) is 18.2 Å². The van der Waals surface area contributed by atoms with Gasteiger partial charge >= 0.3 is 0 Å². The van der Waals surface area contributed by atoms with Crippen LogP contribution in [0.4, 0.5) is 0 Å². The Hall–Kier alpha value is -3.48. The molecule has 1 amide bonds. The maximum Gasteiger partial charge on any atom is 0.272 e. The average Bonchev–Trinajstić information content (AvgIpc) is 3.21. The molecule has 7 nitrogen and oxygen atoms in total. The van der Waals surface area contributed by atoms with E-state index in [4.69, 9.17) is 4.98 Å². The van der Waals surface area contributed by atoms with Crippen LogP contribution in [0.1, 0.15) is 60.8 Å². The van der Waals surface area contributed by atoms with E-state index in [1.165, 1.54) is 11.1 Å². The molecule has 2 N–H and O–H groups in total. The molecule has 0 spiro atoms. The Morgan fingerprint density at radius 1 is 1.12 bits per heavy atom. The number of nitrogens with zero attached hydrogens (tertiary/aromatic N) is 3. The lowest BCUT2D eigenvalue weighted by molar-refractivity contribution is -0.136. The number of rotatable bonds is 3. The molecule has 4 aromatic rings. The molecule has 7 heteroatoms. The monoisotopic (exact) mass is 429 g/mol. The number of piperidine rings is 1. The molecule has 2 atom stereocenters. The first-order chi connectivity index (χ1) is 15.4. The molecule has 3 heterocycles. The third-order valence-corrected chi connectivity index (χ3v) is 6.72. The van der Waals surface area contributed by atoms with E-state index >= 15 is 0 Å². The van der Waals surface area contributed by atoms with Crippen LogP contribution in [0, 0.1) is 13.8 Å². The number of amides is 1. The Morgan fingerprint density at radius 2 is 1.88 bits per heavy atom. The second-order valence-electron chi connectivity index (χ2n) is 8.82. The highest BCUT2D eigenvalue weighted by atomic mass is 16.2. The number of likely N-dealkylation sites (tertiary alicyclic amines) is 1. The Morgan fingerprint density at radius 3 is 2.69 bits per heavy atom. The summed E-state index contributed by atoms with van der Waals surface area (Å²) >= 11 is 0. The lowest BCUT2D eigenvalue weighted by Gasteiger charge is -2.36. The Balaban J connectivity index is 1.51. The Kier molecular flexibility index (Phi) is 5.04. The minimum absolute atomic E-state index is 0.00668. The molecule has 32 heavy (non-hydrogen) atoms. The molecule has 5 rings (SSSR count). The Bertz CT molecular complexity index is 1350.